The molecule has 0 bridgehead atoms. The van der Waals surface area contributed by atoms with Crippen molar-refractivity contribution in [2.24, 2.45) is 5.73 Å². The molecule has 1 aliphatic rings. The highest BCUT2D eigenvalue weighted by Crippen LogP contribution is 2.13. The van der Waals surface area contributed by atoms with Crippen molar-refractivity contribution in [1.82, 2.24) is 4.90 Å². The minimum Gasteiger partial charge on any atom is -0.341 e. The maximum Gasteiger partial charge on any atom is 0.222 e. The lowest BCUT2D eigenvalue weighted by molar-refractivity contribution is -0.130. The fraction of sp³-hybridized carbons (Fsp3) is 0.462. The first-order valence-corrected chi connectivity index (χ1v) is 6.31. The molecule has 92 valence electrons. The molecule has 4 heteroatoms. The van der Waals surface area contributed by atoms with Gasteiger partial charge in [-0.2, -0.15) is 0 Å². The molecule has 0 aromatic heterocycles. The van der Waals surface area contributed by atoms with Gasteiger partial charge >= 0.3 is 0 Å². The van der Waals surface area contributed by atoms with Crippen molar-refractivity contribution in [3.8, 4) is 0 Å². The van der Waals surface area contributed by atoms with Crippen LogP contribution in [0.5, 0.6) is 0 Å². The molecule has 2 N–H and O–H groups in total. The number of nitrogens with zero attached hydrogens (tertiary/aromatic N) is 1. The number of carbonyl (C=O) groups is 1. The van der Waals surface area contributed by atoms with E-state index in [0.717, 1.165) is 30.0 Å². The van der Waals surface area contributed by atoms with E-state index in [1.165, 1.54) is 0 Å². The number of carbonyl (C=O) groups excluding carboxylic acids is 1. The first kappa shape index (κ1) is 12.4. The van der Waals surface area contributed by atoms with Crippen LogP contribution in [0.4, 0.5) is 0 Å². The van der Waals surface area contributed by atoms with Crippen LogP contribution >= 0.6 is 11.6 Å². The lowest BCUT2D eigenvalue weighted by Crippen LogP contribution is -2.31. The molecule has 1 atom stereocenters. The van der Waals surface area contributed by atoms with E-state index in [2.05, 4.69) is 0 Å². The highest BCUT2D eigenvalue weighted by atomic mass is 35.5. The van der Waals surface area contributed by atoms with Crippen LogP contribution in [0.25, 0.3) is 0 Å². The van der Waals surface area contributed by atoms with Crippen LogP contribution in [0.1, 0.15) is 18.4 Å². The molecule has 1 aromatic rings. The number of hydrogen-bond donors (Lipinski definition) is 1. The Bertz CT molecular complexity index is 391. The summed E-state index contributed by atoms with van der Waals surface area (Å²) in [4.78, 5) is 13.7. The lowest BCUT2D eigenvalue weighted by Gasteiger charge is -2.15. The van der Waals surface area contributed by atoms with Crippen LogP contribution in [0.15, 0.2) is 24.3 Å². The van der Waals surface area contributed by atoms with Crippen LogP contribution in [0, 0.1) is 0 Å². The molecule has 1 amide bonds. The number of nitrogens with two attached hydrogens (primary N) is 1. The summed E-state index contributed by atoms with van der Waals surface area (Å²) in [5.74, 6) is 0.202. The van der Waals surface area contributed by atoms with E-state index in [4.69, 9.17) is 17.3 Å². The van der Waals surface area contributed by atoms with Gasteiger partial charge < -0.3 is 10.6 Å². The zero-order valence-electron chi connectivity index (χ0n) is 9.73. The summed E-state index contributed by atoms with van der Waals surface area (Å²) in [5, 5.41) is 0.727. The lowest BCUT2D eigenvalue weighted by atomic mass is 10.1. The second-order valence-electron chi connectivity index (χ2n) is 4.51. The molecule has 0 radical (unpaired) electrons. The van der Waals surface area contributed by atoms with Crippen LogP contribution < -0.4 is 5.73 Å². The molecule has 1 aromatic carbocycles. The van der Waals surface area contributed by atoms with Crippen LogP contribution in [-0.4, -0.2) is 29.9 Å². The average Bonchev–Trinajstić information content (AvgIpc) is 2.75. The Hall–Kier alpha value is -1.06. The van der Waals surface area contributed by atoms with Gasteiger partial charge in [0.25, 0.3) is 0 Å². The molecular formula is C13H17ClN2O. The quantitative estimate of drug-likeness (QED) is 0.892. The average molecular weight is 253 g/mol. The number of halogens is 1. The van der Waals surface area contributed by atoms with Gasteiger partial charge in [0.05, 0.1) is 0 Å². The van der Waals surface area contributed by atoms with E-state index < -0.39 is 0 Å². The third-order valence-electron chi connectivity index (χ3n) is 3.12. The Morgan fingerprint density at radius 1 is 1.41 bits per heavy atom. The predicted molar refractivity (Wildman–Crippen MR) is 68.9 cm³/mol. The van der Waals surface area contributed by atoms with E-state index in [1.54, 1.807) is 0 Å². The molecule has 2 rings (SSSR count). The van der Waals surface area contributed by atoms with Crippen LogP contribution in [0.2, 0.25) is 5.02 Å². The van der Waals surface area contributed by atoms with Gasteiger partial charge in [0, 0.05) is 30.6 Å². The van der Waals surface area contributed by atoms with E-state index in [9.17, 15) is 4.79 Å². The molecular weight excluding hydrogens is 236 g/mol. The highest BCUT2D eigenvalue weighted by Gasteiger charge is 2.22. The summed E-state index contributed by atoms with van der Waals surface area (Å²) in [5.41, 5.74) is 6.92. The van der Waals surface area contributed by atoms with Gasteiger partial charge in [0.1, 0.15) is 0 Å². The van der Waals surface area contributed by atoms with Crippen LogP contribution in [0.3, 0.4) is 0 Å². The Balaban J connectivity index is 1.82. The van der Waals surface area contributed by atoms with Crippen LogP contribution in [-0.2, 0) is 11.2 Å². The maximum absolute atomic E-state index is 11.9. The van der Waals surface area contributed by atoms with E-state index in [-0.39, 0.29) is 11.9 Å². The molecule has 0 aliphatic carbocycles. The van der Waals surface area contributed by atoms with E-state index >= 15 is 0 Å². The fourth-order valence-corrected chi connectivity index (χ4v) is 2.20. The number of benzene rings is 1. The van der Waals surface area contributed by atoms with Gasteiger partial charge in [0.2, 0.25) is 5.91 Å². The van der Waals surface area contributed by atoms with Gasteiger partial charge in [-0.15, -0.1) is 0 Å². The Kier molecular flexibility index (Phi) is 4.02. The van der Waals surface area contributed by atoms with Gasteiger partial charge in [-0.05, 0) is 30.5 Å². The van der Waals surface area contributed by atoms with E-state index in [1.807, 2.05) is 29.2 Å². The second kappa shape index (κ2) is 5.52. The minimum absolute atomic E-state index is 0.162. The highest BCUT2D eigenvalue weighted by molar-refractivity contribution is 6.30. The number of aryl methyl sites for hydroxylation is 1. The first-order valence-electron chi connectivity index (χ1n) is 5.93. The molecule has 0 saturated carbocycles. The van der Waals surface area contributed by atoms with Crippen molar-refractivity contribution in [1.29, 1.82) is 0 Å². The summed E-state index contributed by atoms with van der Waals surface area (Å²) in [6.07, 6.45) is 2.24. The molecule has 0 unspecified atom stereocenters. The van der Waals surface area contributed by atoms with Gasteiger partial charge in [0.15, 0.2) is 0 Å². The number of likely N-dealkylation sites (tertiary alicyclic amines) is 1. The summed E-state index contributed by atoms with van der Waals surface area (Å²) < 4.78 is 0. The second-order valence-corrected chi connectivity index (χ2v) is 4.95. The molecule has 1 saturated heterocycles. The van der Waals surface area contributed by atoms with Crippen molar-refractivity contribution in [2.45, 2.75) is 25.3 Å². The predicted octanol–water partition coefficient (Wildman–Crippen LogP) is 1.83. The largest absolute Gasteiger partial charge is 0.341 e. The Morgan fingerprint density at radius 3 is 2.71 bits per heavy atom. The maximum atomic E-state index is 11.9. The summed E-state index contributed by atoms with van der Waals surface area (Å²) in [6, 6.07) is 7.80. The molecule has 3 nitrogen and oxygen atoms in total. The topological polar surface area (TPSA) is 46.3 Å². The van der Waals surface area contributed by atoms with Crippen molar-refractivity contribution in [3.05, 3.63) is 34.9 Å². The molecule has 17 heavy (non-hydrogen) atoms. The zero-order chi connectivity index (χ0) is 12.3. The van der Waals surface area contributed by atoms with Crippen molar-refractivity contribution < 1.29 is 4.79 Å². The minimum atomic E-state index is 0.162. The van der Waals surface area contributed by atoms with Crippen molar-refractivity contribution in [2.75, 3.05) is 13.1 Å². The van der Waals surface area contributed by atoms with Gasteiger partial charge in [-0.3, -0.25) is 4.79 Å². The Morgan fingerprint density at radius 2 is 2.12 bits per heavy atom. The molecule has 1 fully saturated rings. The summed E-state index contributed by atoms with van der Waals surface area (Å²) in [7, 11) is 0. The Labute approximate surface area is 107 Å². The van der Waals surface area contributed by atoms with Crippen molar-refractivity contribution >= 4 is 17.5 Å². The van der Waals surface area contributed by atoms with Gasteiger partial charge in [-0.25, -0.2) is 0 Å². The first-order chi connectivity index (χ1) is 8.15. The molecule has 1 heterocycles. The molecule has 1 aliphatic heterocycles. The number of amides is 1. The smallest absolute Gasteiger partial charge is 0.222 e. The third-order valence-corrected chi connectivity index (χ3v) is 3.37. The monoisotopic (exact) mass is 252 g/mol. The zero-order valence-corrected chi connectivity index (χ0v) is 10.5. The fourth-order valence-electron chi connectivity index (χ4n) is 2.07. The number of hydrogen-bond acceptors (Lipinski definition) is 2. The third kappa shape index (κ3) is 3.45. The standard InChI is InChI=1S/C13H17ClN2O/c14-11-4-1-10(2-5-11)3-6-13(17)16-8-7-12(15)9-16/h1-2,4-5,12H,3,6-9,15H2/t12-/m1/s1. The number of rotatable bonds is 3. The normalized spacial score (nSPS) is 19.6. The molecule has 0 spiro atoms. The van der Waals surface area contributed by atoms with Crippen molar-refractivity contribution in [3.63, 3.8) is 0 Å². The summed E-state index contributed by atoms with van der Waals surface area (Å²) >= 11 is 5.80. The van der Waals surface area contributed by atoms with Gasteiger partial charge in [-0.1, -0.05) is 23.7 Å². The summed E-state index contributed by atoms with van der Waals surface area (Å²) in [6.45, 7) is 1.51. The SMILES string of the molecule is N[C@@H]1CCN(C(=O)CCc2ccc(Cl)cc2)C1. The van der Waals surface area contributed by atoms with E-state index in [0.29, 0.717) is 13.0 Å².